The minimum atomic E-state index is 0.730. The van der Waals surface area contributed by atoms with Crippen LogP contribution in [0.2, 0.25) is 0 Å². The zero-order valence-electron chi connectivity index (χ0n) is 14.3. The molecule has 7 heteroatoms. The molecule has 0 saturated heterocycles. The van der Waals surface area contributed by atoms with Gasteiger partial charge in [0, 0.05) is 33.9 Å². The zero-order chi connectivity index (χ0) is 17.5. The van der Waals surface area contributed by atoms with Crippen LogP contribution in [0.5, 0.6) is 0 Å². The van der Waals surface area contributed by atoms with Gasteiger partial charge in [0.05, 0.1) is 16.9 Å². The lowest BCUT2D eigenvalue weighted by molar-refractivity contribution is 0.917. The first-order valence-corrected chi connectivity index (χ1v) is 10.3. The average Bonchev–Trinajstić information content (AvgIpc) is 3.36. The van der Waals surface area contributed by atoms with Crippen molar-refractivity contribution in [2.24, 2.45) is 0 Å². The van der Waals surface area contributed by atoms with Crippen molar-refractivity contribution in [1.82, 2.24) is 19.9 Å². The van der Waals surface area contributed by atoms with Crippen molar-refractivity contribution in [3.05, 3.63) is 51.0 Å². The highest BCUT2D eigenvalue weighted by atomic mass is 32.1. The van der Waals surface area contributed by atoms with Gasteiger partial charge in [-0.2, -0.15) is 0 Å². The Hall–Kier alpha value is -2.38. The molecule has 0 aromatic carbocycles. The molecule has 0 bridgehead atoms. The van der Waals surface area contributed by atoms with E-state index >= 15 is 0 Å². The molecular formula is C19H17N5S2. The van der Waals surface area contributed by atoms with Crippen molar-refractivity contribution in [2.75, 3.05) is 5.32 Å². The molecule has 0 spiro atoms. The number of aryl methyl sites for hydroxylation is 3. The van der Waals surface area contributed by atoms with Gasteiger partial charge in [-0.3, -0.25) is 4.98 Å². The molecular weight excluding hydrogens is 362 g/mol. The molecule has 26 heavy (non-hydrogen) atoms. The summed E-state index contributed by atoms with van der Waals surface area (Å²) >= 11 is 3.53. The lowest BCUT2D eigenvalue weighted by atomic mass is 10.2. The molecule has 0 aliphatic heterocycles. The van der Waals surface area contributed by atoms with Crippen molar-refractivity contribution < 1.29 is 0 Å². The molecule has 5 nitrogen and oxygen atoms in total. The monoisotopic (exact) mass is 379 g/mol. The fourth-order valence-electron chi connectivity index (χ4n) is 3.41. The molecule has 0 fully saturated rings. The summed E-state index contributed by atoms with van der Waals surface area (Å²) in [5.41, 5.74) is 2.38. The van der Waals surface area contributed by atoms with E-state index in [9.17, 15) is 0 Å². The number of nitrogens with zero attached hydrogens (tertiary/aromatic N) is 4. The summed E-state index contributed by atoms with van der Waals surface area (Å²) in [5, 5.41) is 5.84. The van der Waals surface area contributed by atoms with Gasteiger partial charge in [0.2, 0.25) is 0 Å². The Morgan fingerprint density at radius 2 is 2.12 bits per heavy atom. The average molecular weight is 380 g/mol. The van der Waals surface area contributed by atoms with E-state index in [1.807, 2.05) is 42.8 Å². The van der Waals surface area contributed by atoms with Gasteiger partial charge in [-0.15, -0.1) is 22.7 Å². The van der Waals surface area contributed by atoms with Gasteiger partial charge in [-0.25, -0.2) is 15.0 Å². The number of rotatable bonds is 4. The summed E-state index contributed by atoms with van der Waals surface area (Å²) < 4.78 is 0. The number of anilines is 1. The summed E-state index contributed by atoms with van der Waals surface area (Å²) in [7, 11) is 0. The van der Waals surface area contributed by atoms with Crippen LogP contribution in [0.1, 0.15) is 26.7 Å². The number of hydrogen-bond acceptors (Lipinski definition) is 7. The highest BCUT2D eigenvalue weighted by Crippen LogP contribution is 2.40. The molecule has 1 aliphatic carbocycles. The minimum absolute atomic E-state index is 0.730. The van der Waals surface area contributed by atoms with E-state index in [4.69, 9.17) is 9.97 Å². The number of thiophene rings is 1. The SMILES string of the molecule is Cc1ncc(CNc2nc(-c3cccnc3)nc3sc4c(c23)CCC4)s1. The third-order valence-corrected chi connectivity index (χ3v) is 6.68. The molecule has 0 saturated carbocycles. The van der Waals surface area contributed by atoms with E-state index < -0.39 is 0 Å². The molecule has 0 amide bonds. The first kappa shape index (κ1) is 15.8. The maximum absolute atomic E-state index is 4.87. The largest absolute Gasteiger partial charge is 0.364 e. The van der Waals surface area contributed by atoms with Gasteiger partial charge in [0.1, 0.15) is 10.6 Å². The van der Waals surface area contributed by atoms with E-state index in [2.05, 4.69) is 15.3 Å². The first-order chi connectivity index (χ1) is 12.8. The van der Waals surface area contributed by atoms with Gasteiger partial charge in [0.25, 0.3) is 0 Å². The lowest BCUT2D eigenvalue weighted by Gasteiger charge is -2.09. The molecule has 0 radical (unpaired) electrons. The van der Waals surface area contributed by atoms with Gasteiger partial charge in [-0.1, -0.05) is 0 Å². The van der Waals surface area contributed by atoms with Gasteiger partial charge in [0.15, 0.2) is 5.82 Å². The van der Waals surface area contributed by atoms with Crippen LogP contribution in [0.4, 0.5) is 5.82 Å². The van der Waals surface area contributed by atoms with Crippen LogP contribution >= 0.6 is 22.7 Å². The molecule has 4 heterocycles. The van der Waals surface area contributed by atoms with Crippen molar-refractivity contribution in [3.63, 3.8) is 0 Å². The number of pyridine rings is 1. The second-order valence-corrected chi connectivity index (χ2v) is 8.78. The lowest BCUT2D eigenvalue weighted by Crippen LogP contribution is -2.03. The van der Waals surface area contributed by atoms with Crippen molar-refractivity contribution in [3.8, 4) is 11.4 Å². The molecule has 5 rings (SSSR count). The summed E-state index contributed by atoms with van der Waals surface area (Å²) in [5.74, 6) is 1.66. The first-order valence-electron chi connectivity index (χ1n) is 8.66. The Bertz CT molecular complexity index is 1080. The predicted octanol–water partition coefficient (Wildman–Crippen LogP) is 4.62. The second-order valence-electron chi connectivity index (χ2n) is 6.37. The standard InChI is InChI=1S/C19H17N5S2/c1-11-21-9-13(25-11)10-22-18-16-14-5-2-6-15(14)26-19(16)24-17(23-18)12-4-3-7-20-8-12/h3-4,7-9H,2,5-6,10H2,1H3,(H,22,23,24). The fourth-order valence-corrected chi connectivity index (χ4v) is 5.40. The quantitative estimate of drug-likeness (QED) is 0.560. The summed E-state index contributed by atoms with van der Waals surface area (Å²) in [6, 6.07) is 3.93. The van der Waals surface area contributed by atoms with E-state index in [1.165, 1.54) is 27.1 Å². The Kier molecular flexibility index (Phi) is 3.90. The Morgan fingerprint density at radius 1 is 1.15 bits per heavy atom. The predicted molar refractivity (Wildman–Crippen MR) is 107 cm³/mol. The maximum atomic E-state index is 4.87. The number of aromatic nitrogens is 4. The Morgan fingerprint density at radius 3 is 2.92 bits per heavy atom. The van der Waals surface area contributed by atoms with Gasteiger partial charge < -0.3 is 5.32 Å². The van der Waals surface area contributed by atoms with Crippen LogP contribution in [0.3, 0.4) is 0 Å². The third-order valence-electron chi connectivity index (χ3n) is 4.58. The third kappa shape index (κ3) is 2.77. The van der Waals surface area contributed by atoms with E-state index in [0.29, 0.717) is 0 Å². The number of fused-ring (bicyclic) bond motifs is 3. The molecule has 1 N–H and O–H groups in total. The van der Waals surface area contributed by atoms with Crippen molar-refractivity contribution in [2.45, 2.75) is 32.7 Å². The van der Waals surface area contributed by atoms with Crippen LogP contribution in [0.15, 0.2) is 30.7 Å². The summed E-state index contributed by atoms with van der Waals surface area (Å²) in [6.45, 7) is 2.76. The number of nitrogens with one attached hydrogen (secondary N) is 1. The highest BCUT2D eigenvalue weighted by molar-refractivity contribution is 7.19. The van der Waals surface area contributed by atoms with Crippen LogP contribution in [-0.4, -0.2) is 19.9 Å². The van der Waals surface area contributed by atoms with E-state index in [-0.39, 0.29) is 0 Å². The van der Waals surface area contributed by atoms with Crippen LogP contribution in [-0.2, 0) is 19.4 Å². The smallest absolute Gasteiger partial charge is 0.164 e. The van der Waals surface area contributed by atoms with E-state index in [1.54, 1.807) is 17.5 Å². The second kappa shape index (κ2) is 6.41. The van der Waals surface area contributed by atoms with E-state index in [0.717, 1.165) is 46.4 Å². The molecule has 4 aromatic rings. The fraction of sp³-hybridized carbons (Fsp3) is 0.263. The number of hydrogen-bond donors (Lipinski definition) is 1. The zero-order valence-corrected chi connectivity index (χ0v) is 16.0. The summed E-state index contributed by atoms with van der Waals surface area (Å²) in [4.78, 5) is 22.0. The molecule has 130 valence electrons. The molecule has 0 atom stereocenters. The molecule has 4 aromatic heterocycles. The topological polar surface area (TPSA) is 63.6 Å². The summed E-state index contributed by atoms with van der Waals surface area (Å²) in [6.07, 6.45) is 9.04. The molecule has 1 aliphatic rings. The maximum Gasteiger partial charge on any atom is 0.164 e. The Labute approximate surface area is 159 Å². The van der Waals surface area contributed by atoms with Crippen molar-refractivity contribution in [1.29, 1.82) is 0 Å². The molecule has 0 unspecified atom stereocenters. The van der Waals surface area contributed by atoms with Gasteiger partial charge in [-0.05, 0) is 43.9 Å². The number of thiazole rings is 1. The normalized spacial score (nSPS) is 13.3. The van der Waals surface area contributed by atoms with Crippen LogP contribution < -0.4 is 5.32 Å². The Balaban J connectivity index is 1.61. The highest BCUT2D eigenvalue weighted by Gasteiger charge is 2.22. The van der Waals surface area contributed by atoms with Crippen LogP contribution in [0.25, 0.3) is 21.6 Å². The van der Waals surface area contributed by atoms with Crippen LogP contribution in [0, 0.1) is 6.92 Å². The van der Waals surface area contributed by atoms with Gasteiger partial charge >= 0.3 is 0 Å². The minimum Gasteiger partial charge on any atom is -0.364 e. The van der Waals surface area contributed by atoms with Crippen molar-refractivity contribution >= 4 is 38.7 Å².